The van der Waals surface area contributed by atoms with Crippen molar-refractivity contribution in [1.29, 1.82) is 0 Å². The molecule has 1 aromatic rings. The van der Waals surface area contributed by atoms with E-state index in [2.05, 4.69) is 6.92 Å². The summed E-state index contributed by atoms with van der Waals surface area (Å²) < 4.78 is 27.6. The number of thioether (sulfide) groups is 1. The lowest BCUT2D eigenvalue weighted by atomic mass is 9.79. The third kappa shape index (κ3) is 5.46. The number of nitrogens with zero attached hydrogens (tertiary/aromatic N) is 1. The Bertz CT molecular complexity index is 631. The highest BCUT2D eigenvalue weighted by Crippen LogP contribution is 2.37. The third-order valence-electron chi connectivity index (χ3n) is 6.12. The molecule has 0 bridgehead atoms. The second kappa shape index (κ2) is 9.90. The molecule has 0 spiro atoms. The van der Waals surface area contributed by atoms with Gasteiger partial charge in [-0.2, -0.15) is 11.8 Å². The summed E-state index contributed by atoms with van der Waals surface area (Å²) in [5.41, 5.74) is 0.436. The van der Waals surface area contributed by atoms with Gasteiger partial charge < -0.3 is 4.90 Å². The normalized spacial score (nSPS) is 26.6. The molecule has 2 nitrogen and oxygen atoms in total. The van der Waals surface area contributed by atoms with Crippen molar-refractivity contribution in [2.45, 2.75) is 63.5 Å². The van der Waals surface area contributed by atoms with Gasteiger partial charge in [-0.15, -0.1) is 0 Å². The van der Waals surface area contributed by atoms with Crippen LogP contribution in [0.25, 0.3) is 0 Å². The molecule has 1 heterocycles. The van der Waals surface area contributed by atoms with E-state index in [1.807, 2.05) is 4.90 Å². The first-order valence-corrected chi connectivity index (χ1v) is 11.5. The quantitative estimate of drug-likeness (QED) is 0.612. The Hall–Kier alpha value is -1.10. The number of halogens is 2. The second-order valence-electron chi connectivity index (χ2n) is 8.00. The van der Waals surface area contributed by atoms with E-state index < -0.39 is 5.82 Å². The fourth-order valence-electron chi connectivity index (χ4n) is 4.45. The lowest BCUT2D eigenvalue weighted by Gasteiger charge is -2.31. The molecule has 1 saturated heterocycles. The number of hydrogen-bond donors (Lipinski definition) is 0. The van der Waals surface area contributed by atoms with Crippen LogP contribution in [-0.2, 0) is 4.79 Å². The first kappa shape index (κ1) is 20.6. The number of amides is 1. The molecule has 1 unspecified atom stereocenters. The van der Waals surface area contributed by atoms with Crippen LogP contribution in [0.4, 0.5) is 8.78 Å². The molecule has 3 rings (SSSR count). The molecule has 1 amide bonds. The van der Waals surface area contributed by atoms with Crippen molar-refractivity contribution in [3.05, 3.63) is 35.4 Å². The molecule has 1 aliphatic carbocycles. The van der Waals surface area contributed by atoms with E-state index in [0.717, 1.165) is 30.6 Å². The van der Waals surface area contributed by atoms with Crippen molar-refractivity contribution in [2.75, 3.05) is 18.8 Å². The van der Waals surface area contributed by atoms with E-state index in [-0.39, 0.29) is 22.9 Å². The monoisotopic (exact) mass is 395 g/mol. The van der Waals surface area contributed by atoms with Gasteiger partial charge in [0, 0.05) is 35.6 Å². The summed E-state index contributed by atoms with van der Waals surface area (Å²) in [6.07, 6.45) is 8.91. The van der Waals surface area contributed by atoms with E-state index in [9.17, 15) is 13.6 Å². The molecule has 150 valence electrons. The molecule has 2 aliphatic rings. The Labute approximate surface area is 166 Å². The molecule has 2 fully saturated rings. The van der Waals surface area contributed by atoms with Gasteiger partial charge in [0.15, 0.2) is 0 Å². The number of rotatable bonds is 5. The average molecular weight is 396 g/mol. The molecule has 5 heteroatoms. The van der Waals surface area contributed by atoms with Gasteiger partial charge in [0.1, 0.15) is 11.6 Å². The molecule has 0 aromatic heterocycles. The van der Waals surface area contributed by atoms with E-state index in [4.69, 9.17) is 0 Å². The summed E-state index contributed by atoms with van der Waals surface area (Å²) in [5.74, 6) is 1.27. The summed E-state index contributed by atoms with van der Waals surface area (Å²) in [4.78, 5) is 14.9. The van der Waals surface area contributed by atoms with Gasteiger partial charge in [-0.05, 0) is 56.2 Å². The third-order valence-corrected chi connectivity index (χ3v) is 7.43. The van der Waals surface area contributed by atoms with Gasteiger partial charge >= 0.3 is 0 Å². The predicted molar refractivity (Wildman–Crippen MR) is 108 cm³/mol. The van der Waals surface area contributed by atoms with Crippen LogP contribution in [0.5, 0.6) is 0 Å². The zero-order valence-corrected chi connectivity index (χ0v) is 17.1. The maximum atomic E-state index is 14.1. The van der Waals surface area contributed by atoms with Crippen molar-refractivity contribution in [3.8, 4) is 0 Å². The van der Waals surface area contributed by atoms with E-state index in [1.165, 1.54) is 44.2 Å². The minimum absolute atomic E-state index is 0.0803. The number of hydrogen-bond acceptors (Lipinski definition) is 2. The van der Waals surface area contributed by atoms with Gasteiger partial charge in [-0.1, -0.05) is 26.2 Å². The van der Waals surface area contributed by atoms with Crippen molar-refractivity contribution >= 4 is 17.7 Å². The van der Waals surface area contributed by atoms with E-state index in [0.29, 0.717) is 25.1 Å². The summed E-state index contributed by atoms with van der Waals surface area (Å²) in [5, 5.41) is -0.0803. The van der Waals surface area contributed by atoms with Crippen molar-refractivity contribution in [2.24, 2.45) is 11.8 Å². The first-order valence-electron chi connectivity index (χ1n) is 10.4. The van der Waals surface area contributed by atoms with Crippen LogP contribution < -0.4 is 0 Å². The van der Waals surface area contributed by atoms with Gasteiger partial charge in [0.25, 0.3) is 0 Å². The molecular weight excluding hydrogens is 364 g/mol. The number of carbonyl (C=O) groups is 1. The standard InChI is InChI=1S/C22H31F2NOS/c1-2-3-4-16-5-7-17(8-6-16)22(26)25-12-11-21(27-14-13-25)19-15-18(23)9-10-20(19)24/h9-10,15-17,21H,2-8,11-14H2,1H3. The highest BCUT2D eigenvalue weighted by atomic mass is 32.2. The summed E-state index contributed by atoms with van der Waals surface area (Å²) >= 11 is 1.64. The minimum Gasteiger partial charge on any atom is -0.342 e. The summed E-state index contributed by atoms with van der Waals surface area (Å²) in [7, 11) is 0. The molecule has 1 atom stereocenters. The first-order chi connectivity index (χ1) is 13.1. The Morgan fingerprint density at radius 3 is 2.67 bits per heavy atom. The number of carbonyl (C=O) groups excluding carboxylic acids is 1. The number of benzene rings is 1. The molecule has 0 N–H and O–H groups in total. The SMILES string of the molecule is CCCCC1CCC(C(=O)N2CCSC(c3cc(F)ccc3F)CC2)CC1. The molecular formula is C22H31F2NOS. The van der Waals surface area contributed by atoms with Gasteiger partial charge in [0.05, 0.1) is 0 Å². The van der Waals surface area contributed by atoms with Crippen molar-refractivity contribution < 1.29 is 13.6 Å². The van der Waals surface area contributed by atoms with Gasteiger partial charge in [-0.3, -0.25) is 4.79 Å². The van der Waals surface area contributed by atoms with Crippen LogP contribution in [0.3, 0.4) is 0 Å². The highest BCUT2D eigenvalue weighted by molar-refractivity contribution is 7.99. The lowest BCUT2D eigenvalue weighted by Crippen LogP contribution is -2.39. The molecule has 1 aromatic carbocycles. The van der Waals surface area contributed by atoms with Gasteiger partial charge in [0.2, 0.25) is 5.91 Å². The van der Waals surface area contributed by atoms with E-state index in [1.54, 1.807) is 11.8 Å². The van der Waals surface area contributed by atoms with Crippen LogP contribution in [-0.4, -0.2) is 29.6 Å². The van der Waals surface area contributed by atoms with Crippen LogP contribution in [0, 0.1) is 23.5 Å². The van der Waals surface area contributed by atoms with Crippen LogP contribution in [0.15, 0.2) is 18.2 Å². The fraction of sp³-hybridized carbons (Fsp3) is 0.682. The molecule has 27 heavy (non-hydrogen) atoms. The topological polar surface area (TPSA) is 20.3 Å². The zero-order valence-electron chi connectivity index (χ0n) is 16.3. The molecule has 1 saturated carbocycles. The second-order valence-corrected chi connectivity index (χ2v) is 9.31. The van der Waals surface area contributed by atoms with Gasteiger partial charge in [-0.25, -0.2) is 8.78 Å². The fourth-order valence-corrected chi connectivity index (χ4v) is 5.69. The molecule has 0 radical (unpaired) electrons. The Balaban J connectivity index is 1.53. The average Bonchev–Trinajstić information content (AvgIpc) is 2.94. The summed E-state index contributed by atoms with van der Waals surface area (Å²) in [6.45, 7) is 3.59. The van der Waals surface area contributed by atoms with Crippen molar-refractivity contribution in [3.63, 3.8) is 0 Å². The Kier molecular flexibility index (Phi) is 7.57. The largest absolute Gasteiger partial charge is 0.342 e. The maximum absolute atomic E-state index is 14.1. The Morgan fingerprint density at radius 2 is 1.93 bits per heavy atom. The zero-order chi connectivity index (χ0) is 19.2. The number of unbranched alkanes of at least 4 members (excludes halogenated alkanes) is 1. The Morgan fingerprint density at radius 1 is 1.15 bits per heavy atom. The smallest absolute Gasteiger partial charge is 0.225 e. The minimum atomic E-state index is -0.399. The predicted octanol–water partition coefficient (Wildman–Crippen LogP) is 5.97. The van der Waals surface area contributed by atoms with E-state index >= 15 is 0 Å². The highest BCUT2D eigenvalue weighted by Gasteiger charge is 2.31. The maximum Gasteiger partial charge on any atom is 0.225 e. The van der Waals surface area contributed by atoms with Crippen molar-refractivity contribution in [1.82, 2.24) is 4.90 Å². The lowest BCUT2D eigenvalue weighted by molar-refractivity contribution is -0.136. The van der Waals surface area contributed by atoms with Crippen LogP contribution in [0.1, 0.15) is 69.1 Å². The van der Waals surface area contributed by atoms with Crippen LogP contribution >= 0.6 is 11.8 Å². The van der Waals surface area contributed by atoms with Crippen LogP contribution in [0.2, 0.25) is 0 Å². The molecule has 1 aliphatic heterocycles. The summed E-state index contributed by atoms with van der Waals surface area (Å²) in [6, 6.07) is 3.67.